The Kier molecular flexibility index (Phi) is 8.99. The van der Waals surface area contributed by atoms with Crippen molar-refractivity contribution < 1.29 is 9.59 Å². The maximum Gasteiger partial charge on any atom is 0.178 e. The van der Waals surface area contributed by atoms with Gasteiger partial charge in [-0.3, -0.25) is 9.59 Å². The van der Waals surface area contributed by atoms with Crippen LogP contribution in [0.5, 0.6) is 0 Å². The van der Waals surface area contributed by atoms with Gasteiger partial charge in [0.15, 0.2) is 11.6 Å². The summed E-state index contributed by atoms with van der Waals surface area (Å²) in [7, 11) is 0. The van der Waals surface area contributed by atoms with Crippen molar-refractivity contribution in [1.29, 1.82) is 10.5 Å². The molecule has 1 rings (SSSR count). The summed E-state index contributed by atoms with van der Waals surface area (Å²) in [5, 5.41) is 24.3. The van der Waals surface area contributed by atoms with Crippen molar-refractivity contribution in [3.8, 4) is 12.1 Å². The molecule has 0 fully saturated rings. The number of ketones is 2. The lowest BCUT2D eigenvalue weighted by atomic mass is 10.2. The van der Waals surface area contributed by atoms with Gasteiger partial charge in [0.1, 0.15) is 0 Å². The van der Waals surface area contributed by atoms with Crippen molar-refractivity contribution in [1.82, 2.24) is 0 Å². The molecule has 0 heterocycles. The predicted molar refractivity (Wildman–Crippen MR) is 72.4 cm³/mol. The summed E-state index contributed by atoms with van der Waals surface area (Å²) in [6.07, 6.45) is 5.01. The quantitative estimate of drug-likeness (QED) is 0.576. The van der Waals surface area contributed by atoms with Crippen molar-refractivity contribution in [2.24, 2.45) is 22.1 Å². The number of hydrogen-bond donors (Lipinski definition) is 0. The van der Waals surface area contributed by atoms with Gasteiger partial charge < -0.3 is 0 Å². The van der Waals surface area contributed by atoms with Crippen molar-refractivity contribution >= 4 is 11.6 Å². The second-order valence-electron chi connectivity index (χ2n) is 4.18. The summed E-state index contributed by atoms with van der Waals surface area (Å²) in [5.74, 6) is -0.425. The number of rotatable bonds is 4. The van der Waals surface area contributed by atoms with Crippen LogP contribution in [0.2, 0.25) is 0 Å². The first-order valence-electron chi connectivity index (χ1n) is 6.06. The molecule has 0 radical (unpaired) electrons. The van der Waals surface area contributed by atoms with Crippen molar-refractivity contribution in [2.45, 2.75) is 13.8 Å². The molecule has 0 spiro atoms. The Labute approximate surface area is 118 Å². The first kappa shape index (κ1) is 17.4. The Hall–Kier alpha value is -2.60. The minimum atomic E-state index is -0.121. The number of nitrogens with zero attached hydrogens (tertiary/aromatic N) is 4. The number of nitriles is 2. The summed E-state index contributed by atoms with van der Waals surface area (Å²) in [6, 6.07) is 4.10. The number of carbonyl (C=O) groups is 2. The zero-order valence-electron chi connectivity index (χ0n) is 11.5. The lowest BCUT2D eigenvalue weighted by Crippen LogP contribution is -1.97. The van der Waals surface area contributed by atoms with Crippen LogP contribution in [0.3, 0.4) is 0 Å². The first-order valence-corrected chi connectivity index (χ1v) is 6.06. The van der Waals surface area contributed by atoms with Crippen LogP contribution >= 0.6 is 0 Å². The molecule has 2 unspecified atom stereocenters. The molecule has 0 aromatic carbocycles. The van der Waals surface area contributed by atoms with Crippen LogP contribution in [0.15, 0.2) is 34.5 Å². The van der Waals surface area contributed by atoms with Crippen LogP contribution in [0.4, 0.5) is 0 Å². The van der Waals surface area contributed by atoms with E-state index in [0.29, 0.717) is 13.1 Å². The molecule has 0 bridgehead atoms. The molecule has 6 nitrogen and oxygen atoms in total. The van der Waals surface area contributed by atoms with E-state index in [1.807, 2.05) is 12.1 Å². The zero-order chi connectivity index (χ0) is 15.4. The van der Waals surface area contributed by atoms with Gasteiger partial charge in [-0.25, -0.2) is 0 Å². The van der Waals surface area contributed by atoms with Gasteiger partial charge in [-0.1, -0.05) is 0 Å². The van der Waals surface area contributed by atoms with Crippen LogP contribution in [0.1, 0.15) is 13.8 Å². The average molecular weight is 272 g/mol. The molecule has 1 aliphatic carbocycles. The highest BCUT2D eigenvalue weighted by molar-refractivity contribution is 6.14. The Morgan fingerprint density at radius 2 is 1.20 bits per heavy atom. The molecule has 0 amide bonds. The second kappa shape index (κ2) is 10.3. The molecule has 0 N–H and O–H groups in total. The fourth-order valence-electron chi connectivity index (χ4n) is 0.882. The van der Waals surface area contributed by atoms with E-state index in [-0.39, 0.29) is 23.4 Å². The molecule has 1 aliphatic rings. The molecule has 0 aromatic heterocycles. The van der Waals surface area contributed by atoms with Crippen LogP contribution in [-0.4, -0.2) is 24.7 Å². The van der Waals surface area contributed by atoms with Crippen LogP contribution in [0, 0.1) is 34.5 Å². The van der Waals surface area contributed by atoms with E-state index in [0.717, 1.165) is 0 Å². The number of azo groups is 1. The molecule has 104 valence electrons. The highest BCUT2D eigenvalue weighted by Gasteiger charge is 1.98. The Bertz CT molecular complexity index is 444. The summed E-state index contributed by atoms with van der Waals surface area (Å²) in [4.78, 5) is 20.6. The highest BCUT2D eigenvalue weighted by atomic mass is 16.1. The maximum atomic E-state index is 10.3. The van der Waals surface area contributed by atoms with Gasteiger partial charge >= 0.3 is 0 Å². The zero-order valence-corrected chi connectivity index (χ0v) is 11.5. The lowest BCUT2D eigenvalue weighted by molar-refractivity contribution is -0.113. The Morgan fingerprint density at radius 3 is 1.45 bits per heavy atom. The highest BCUT2D eigenvalue weighted by Crippen LogP contribution is 1.96. The normalized spacial score (nSPS) is 16.0. The third-order valence-electron chi connectivity index (χ3n) is 2.08. The average Bonchev–Trinajstić information content (AvgIpc) is 2.46. The van der Waals surface area contributed by atoms with E-state index in [1.165, 1.54) is 24.3 Å². The summed E-state index contributed by atoms with van der Waals surface area (Å²) in [6.45, 7) is 4.42. The van der Waals surface area contributed by atoms with E-state index in [1.54, 1.807) is 13.8 Å². The van der Waals surface area contributed by atoms with Gasteiger partial charge in [-0.15, -0.1) is 0 Å². The number of hydrogen-bond acceptors (Lipinski definition) is 6. The van der Waals surface area contributed by atoms with E-state index in [2.05, 4.69) is 10.2 Å². The first-order chi connectivity index (χ1) is 9.49. The Balaban J connectivity index is 0.000000388. The van der Waals surface area contributed by atoms with E-state index >= 15 is 0 Å². The predicted octanol–water partition coefficient (Wildman–Crippen LogP) is 2.01. The largest absolute Gasteiger partial charge is 0.290 e. The van der Waals surface area contributed by atoms with E-state index in [9.17, 15) is 9.59 Å². The van der Waals surface area contributed by atoms with Gasteiger partial charge in [0.2, 0.25) is 0 Å². The fraction of sp³-hybridized carbons (Fsp3) is 0.429. The summed E-state index contributed by atoms with van der Waals surface area (Å²) < 4.78 is 0. The van der Waals surface area contributed by atoms with Crippen LogP contribution < -0.4 is 0 Å². The number of carbonyl (C=O) groups excluding carboxylic acids is 2. The van der Waals surface area contributed by atoms with Crippen LogP contribution in [-0.2, 0) is 9.59 Å². The standard InChI is InChI=1S/C8H12N4.C6H4O2/c1-7(3-9)5-11-12-6-8(2)4-10;7-5-1-2-6(8)4-3-5/h7-8H,5-6H2,1-2H3;1-4H. The molecule has 0 aliphatic heterocycles. The van der Waals surface area contributed by atoms with Crippen molar-refractivity contribution in [3.63, 3.8) is 0 Å². The lowest BCUT2D eigenvalue weighted by Gasteiger charge is -1.95. The molecular formula is C14H16N4O2. The molecule has 6 heteroatoms. The molecule has 0 saturated heterocycles. The number of allylic oxidation sites excluding steroid dienone is 4. The van der Waals surface area contributed by atoms with Gasteiger partial charge in [0.25, 0.3) is 0 Å². The van der Waals surface area contributed by atoms with Crippen molar-refractivity contribution in [2.75, 3.05) is 13.1 Å². The van der Waals surface area contributed by atoms with Crippen molar-refractivity contribution in [3.05, 3.63) is 24.3 Å². The fourth-order valence-corrected chi connectivity index (χ4v) is 0.882. The van der Waals surface area contributed by atoms with Gasteiger partial charge in [0, 0.05) is 0 Å². The SMILES string of the molecule is CC(C#N)CN=NCC(C)C#N.O=C1C=CC(=O)C=C1. The van der Waals surface area contributed by atoms with Gasteiger partial charge in [0.05, 0.1) is 37.1 Å². The minimum Gasteiger partial charge on any atom is -0.290 e. The molecule has 0 aromatic rings. The van der Waals surface area contributed by atoms with E-state index < -0.39 is 0 Å². The third-order valence-corrected chi connectivity index (χ3v) is 2.08. The topological polar surface area (TPSA) is 106 Å². The van der Waals surface area contributed by atoms with Crippen LogP contribution in [0.25, 0.3) is 0 Å². The molecule has 2 atom stereocenters. The monoisotopic (exact) mass is 272 g/mol. The summed E-state index contributed by atoms with van der Waals surface area (Å²) in [5.41, 5.74) is 0. The smallest absolute Gasteiger partial charge is 0.178 e. The maximum absolute atomic E-state index is 10.3. The third kappa shape index (κ3) is 9.43. The molecular weight excluding hydrogens is 256 g/mol. The second-order valence-corrected chi connectivity index (χ2v) is 4.18. The molecule has 0 saturated carbocycles. The summed E-state index contributed by atoms with van der Waals surface area (Å²) >= 11 is 0. The van der Waals surface area contributed by atoms with E-state index in [4.69, 9.17) is 10.5 Å². The Morgan fingerprint density at radius 1 is 0.900 bits per heavy atom. The molecule has 20 heavy (non-hydrogen) atoms. The van der Waals surface area contributed by atoms with Gasteiger partial charge in [-0.2, -0.15) is 20.8 Å². The van der Waals surface area contributed by atoms with Gasteiger partial charge in [-0.05, 0) is 38.2 Å². The minimum absolute atomic E-state index is 0.0915.